The van der Waals surface area contributed by atoms with E-state index in [9.17, 15) is 5.26 Å². The van der Waals surface area contributed by atoms with Crippen molar-refractivity contribution < 1.29 is 0 Å². The zero-order chi connectivity index (χ0) is 15.5. The highest BCUT2D eigenvalue weighted by Crippen LogP contribution is 2.21. The Balaban J connectivity index is 2.18. The van der Waals surface area contributed by atoms with Crippen LogP contribution in [-0.4, -0.2) is 14.5 Å². The Morgan fingerprint density at radius 2 is 1.95 bits per heavy atom. The minimum absolute atomic E-state index is 0.447. The van der Waals surface area contributed by atoms with Crippen LogP contribution in [0.2, 0.25) is 0 Å². The van der Waals surface area contributed by atoms with E-state index in [0.29, 0.717) is 5.69 Å². The van der Waals surface area contributed by atoms with Crippen LogP contribution in [0, 0.1) is 18.3 Å². The van der Waals surface area contributed by atoms with Gasteiger partial charge in [0.05, 0.1) is 6.54 Å². The van der Waals surface area contributed by atoms with Crippen LogP contribution < -0.4 is 0 Å². The molecule has 0 aliphatic carbocycles. The summed E-state index contributed by atoms with van der Waals surface area (Å²) >= 11 is 0. The van der Waals surface area contributed by atoms with E-state index >= 15 is 0 Å². The molecule has 0 atom stereocenters. The Morgan fingerprint density at radius 1 is 1.18 bits per heavy atom. The normalized spacial score (nSPS) is 10.8. The molecule has 0 amide bonds. The molecule has 0 saturated heterocycles. The fourth-order valence-corrected chi connectivity index (χ4v) is 2.69. The molecule has 4 heteroatoms. The molecule has 110 valence electrons. The Kier molecular flexibility index (Phi) is 3.88. The van der Waals surface area contributed by atoms with Crippen LogP contribution in [0.15, 0.2) is 36.4 Å². The van der Waals surface area contributed by atoms with Gasteiger partial charge in [-0.25, -0.2) is 9.97 Å². The monoisotopic (exact) mass is 290 g/mol. The van der Waals surface area contributed by atoms with E-state index in [1.54, 1.807) is 6.07 Å². The lowest BCUT2D eigenvalue weighted by molar-refractivity contribution is 0.716. The largest absolute Gasteiger partial charge is 0.308 e. The van der Waals surface area contributed by atoms with E-state index in [1.165, 1.54) is 5.56 Å². The third-order valence-corrected chi connectivity index (χ3v) is 3.74. The molecule has 0 N–H and O–H groups in total. The van der Waals surface area contributed by atoms with Gasteiger partial charge in [0.15, 0.2) is 5.65 Å². The number of nitrogens with zero attached hydrogens (tertiary/aromatic N) is 4. The highest BCUT2D eigenvalue weighted by atomic mass is 15.1. The molecule has 0 saturated carbocycles. The molecule has 1 aromatic carbocycles. The molecule has 0 aliphatic heterocycles. The Morgan fingerprint density at radius 3 is 2.64 bits per heavy atom. The minimum Gasteiger partial charge on any atom is -0.308 e. The van der Waals surface area contributed by atoms with Crippen LogP contribution in [-0.2, 0) is 13.0 Å². The summed E-state index contributed by atoms with van der Waals surface area (Å²) in [5, 5.41) is 9.17. The zero-order valence-electron chi connectivity index (χ0n) is 12.9. The molecule has 22 heavy (non-hydrogen) atoms. The van der Waals surface area contributed by atoms with Crippen LogP contribution in [0.25, 0.3) is 11.2 Å². The quantitative estimate of drug-likeness (QED) is 0.737. The summed E-state index contributed by atoms with van der Waals surface area (Å²) < 4.78 is 2.14. The van der Waals surface area contributed by atoms with Crippen LogP contribution >= 0.6 is 0 Å². The highest BCUT2D eigenvalue weighted by molar-refractivity contribution is 5.76. The minimum atomic E-state index is 0.447. The summed E-state index contributed by atoms with van der Waals surface area (Å²) in [6.07, 6.45) is 1.94. The molecular formula is C18H18N4. The second-order valence-corrected chi connectivity index (χ2v) is 5.46. The van der Waals surface area contributed by atoms with Crippen molar-refractivity contribution in [2.75, 3.05) is 0 Å². The number of imidazole rings is 1. The van der Waals surface area contributed by atoms with Crippen molar-refractivity contribution in [1.82, 2.24) is 14.5 Å². The molecular weight excluding hydrogens is 272 g/mol. The van der Waals surface area contributed by atoms with Gasteiger partial charge in [-0.3, -0.25) is 0 Å². The summed E-state index contributed by atoms with van der Waals surface area (Å²) in [7, 11) is 0. The average molecular weight is 290 g/mol. The van der Waals surface area contributed by atoms with Gasteiger partial charge >= 0.3 is 0 Å². The fraction of sp³-hybridized carbons (Fsp3) is 0.278. The predicted octanol–water partition coefficient (Wildman–Crippen LogP) is 3.61. The van der Waals surface area contributed by atoms with E-state index in [0.717, 1.165) is 41.9 Å². The molecule has 0 fully saturated rings. The zero-order valence-corrected chi connectivity index (χ0v) is 12.9. The van der Waals surface area contributed by atoms with Crippen molar-refractivity contribution in [1.29, 1.82) is 5.26 Å². The molecule has 3 aromatic rings. The summed E-state index contributed by atoms with van der Waals surface area (Å²) in [5.41, 5.74) is 4.37. The first kappa shape index (κ1) is 14.3. The molecule has 0 spiro atoms. The highest BCUT2D eigenvalue weighted by Gasteiger charge is 2.14. The van der Waals surface area contributed by atoms with Crippen LogP contribution in [0.1, 0.15) is 36.0 Å². The summed E-state index contributed by atoms with van der Waals surface area (Å²) in [4.78, 5) is 9.26. The van der Waals surface area contributed by atoms with Gasteiger partial charge in [-0.15, -0.1) is 0 Å². The second-order valence-electron chi connectivity index (χ2n) is 5.46. The lowest BCUT2D eigenvalue weighted by Gasteiger charge is -2.08. The molecule has 2 aromatic heterocycles. The van der Waals surface area contributed by atoms with Gasteiger partial charge in [-0.1, -0.05) is 37.3 Å². The van der Waals surface area contributed by atoms with Crippen molar-refractivity contribution in [3.8, 4) is 6.07 Å². The second kappa shape index (κ2) is 5.98. The Labute approximate surface area is 130 Å². The summed E-state index contributed by atoms with van der Waals surface area (Å²) in [6, 6.07) is 14.2. The smallest absolute Gasteiger partial charge is 0.162 e. The molecule has 0 unspecified atom stereocenters. The molecule has 2 heterocycles. The number of benzene rings is 1. The van der Waals surface area contributed by atoms with Gasteiger partial charge in [-0.2, -0.15) is 5.26 Å². The van der Waals surface area contributed by atoms with Gasteiger partial charge in [-0.05, 0) is 30.5 Å². The van der Waals surface area contributed by atoms with Crippen LogP contribution in [0.5, 0.6) is 0 Å². The lowest BCUT2D eigenvalue weighted by Crippen LogP contribution is -2.06. The summed E-state index contributed by atoms with van der Waals surface area (Å²) in [5.74, 6) is 1.03. The number of fused-ring (bicyclic) bond motifs is 1. The third-order valence-electron chi connectivity index (χ3n) is 3.74. The van der Waals surface area contributed by atoms with Gasteiger partial charge in [0, 0.05) is 6.42 Å². The average Bonchev–Trinajstić information content (AvgIpc) is 2.87. The van der Waals surface area contributed by atoms with Gasteiger partial charge < -0.3 is 4.57 Å². The number of hydrogen-bond donors (Lipinski definition) is 0. The first-order chi connectivity index (χ1) is 10.7. The SMILES string of the molecule is CCCc1nc2c(C)cc(C#N)nc2n1Cc1ccccc1. The maximum absolute atomic E-state index is 9.17. The maximum Gasteiger partial charge on any atom is 0.162 e. The van der Waals surface area contributed by atoms with E-state index in [1.807, 2.05) is 25.1 Å². The summed E-state index contributed by atoms with van der Waals surface area (Å²) in [6.45, 7) is 4.86. The fourth-order valence-electron chi connectivity index (χ4n) is 2.69. The van der Waals surface area contributed by atoms with Gasteiger partial charge in [0.1, 0.15) is 23.1 Å². The lowest BCUT2D eigenvalue weighted by atomic mass is 10.2. The molecule has 0 aliphatic rings. The van der Waals surface area contributed by atoms with E-state index in [2.05, 4.69) is 34.7 Å². The van der Waals surface area contributed by atoms with E-state index < -0.39 is 0 Å². The number of aryl methyl sites for hydroxylation is 2. The van der Waals surface area contributed by atoms with Crippen molar-refractivity contribution in [2.24, 2.45) is 0 Å². The number of hydrogen-bond acceptors (Lipinski definition) is 3. The molecule has 3 rings (SSSR count). The van der Waals surface area contributed by atoms with Gasteiger partial charge in [0.25, 0.3) is 0 Å². The first-order valence-electron chi connectivity index (χ1n) is 7.53. The Bertz CT molecular complexity index is 841. The number of nitriles is 1. The maximum atomic E-state index is 9.17. The number of rotatable bonds is 4. The number of pyridine rings is 1. The molecule has 4 nitrogen and oxygen atoms in total. The van der Waals surface area contributed by atoms with Crippen molar-refractivity contribution in [2.45, 2.75) is 33.2 Å². The predicted molar refractivity (Wildman–Crippen MR) is 86.5 cm³/mol. The van der Waals surface area contributed by atoms with Crippen molar-refractivity contribution in [3.63, 3.8) is 0 Å². The Hall–Kier alpha value is -2.67. The standard InChI is InChI=1S/C18H18N4/c1-3-7-16-21-17-13(2)10-15(11-19)20-18(17)22(16)12-14-8-5-4-6-9-14/h4-6,8-10H,3,7,12H2,1-2H3. The van der Waals surface area contributed by atoms with Crippen molar-refractivity contribution >= 4 is 11.2 Å². The van der Waals surface area contributed by atoms with Gasteiger partial charge in [0.2, 0.25) is 0 Å². The van der Waals surface area contributed by atoms with E-state index in [4.69, 9.17) is 4.98 Å². The van der Waals surface area contributed by atoms with Crippen molar-refractivity contribution in [3.05, 3.63) is 59.0 Å². The molecule has 0 bridgehead atoms. The van der Waals surface area contributed by atoms with Crippen LogP contribution in [0.3, 0.4) is 0 Å². The third kappa shape index (κ3) is 2.58. The van der Waals surface area contributed by atoms with Crippen LogP contribution in [0.4, 0.5) is 0 Å². The first-order valence-corrected chi connectivity index (χ1v) is 7.53. The topological polar surface area (TPSA) is 54.5 Å². The number of aromatic nitrogens is 3. The molecule has 0 radical (unpaired) electrons. The van der Waals surface area contributed by atoms with E-state index in [-0.39, 0.29) is 0 Å².